The van der Waals surface area contributed by atoms with Crippen molar-refractivity contribution in [2.75, 3.05) is 12.4 Å². The van der Waals surface area contributed by atoms with Crippen molar-refractivity contribution < 1.29 is 14.3 Å². The Morgan fingerprint density at radius 3 is 1.91 bits per heavy atom. The SMILES string of the molecule is CNC(=O)c1ccc(NC(=O)c2ccc(OC(C)C)cc2)cc1. The molecule has 0 aliphatic carbocycles. The molecule has 5 heteroatoms. The molecule has 0 aromatic heterocycles. The van der Waals surface area contributed by atoms with Gasteiger partial charge in [0.1, 0.15) is 5.75 Å². The summed E-state index contributed by atoms with van der Waals surface area (Å²) in [6.07, 6.45) is 0.0912. The zero-order valence-corrected chi connectivity index (χ0v) is 13.4. The topological polar surface area (TPSA) is 67.4 Å². The van der Waals surface area contributed by atoms with Crippen LogP contribution in [0, 0.1) is 0 Å². The van der Waals surface area contributed by atoms with E-state index in [4.69, 9.17) is 4.74 Å². The number of hydrogen-bond acceptors (Lipinski definition) is 3. The first kappa shape index (κ1) is 16.5. The average molecular weight is 312 g/mol. The molecule has 2 N–H and O–H groups in total. The number of benzene rings is 2. The molecule has 2 rings (SSSR count). The van der Waals surface area contributed by atoms with Gasteiger partial charge in [0, 0.05) is 23.9 Å². The summed E-state index contributed by atoms with van der Waals surface area (Å²) in [7, 11) is 1.57. The lowest BCUT2D eigenvalue weighted by Gasteiger charge is -2.10. The van der Waals surface area contributed by atoms with Gasteiger partial charge < -0.3 is 15.4 Å². The second-order valence-corrected chi connectivity index (χ2v) is 5.30. The lowest BCUT2D eigenvalue weighted by molar-refractivity contribution is 0.0962. The fraction of sp³-hybridized carbons (Fsp3) is 0.222. The van der Waals surface area contributed by atoms with E-state index in [1.54, 1.807) is 55.6 Å². The molecule has 0 heterocycles. The van der Waals surface area contributed by atoms with Crippen molar-refractivity contribution in [3.8, 4) is 5.75 Å². The Balaban J connectivity index is 2.02. The van der Waals surface area contributed by atoms with Crippen molar-refractivity contribution in [2.24, 2.45) is 0 Å². The summed E-state index contributed by atoms with van der Waals surface area (Å²) >= 11 is 0. The van der Waals surface area contributed by atoms with Crippen LogP contribution in [0.1, 0.15) is 34.6 Å². The van der Waals surface area contributed by atoms with Gasteiger partial charge in [0.15, 0.2) is 0 Å². The molecule has 0 atom stereocenters. The summed E-state index contributed by atoms with van der Waals surface area (Å²) in [5.41, 5.74) is 1.71. The fourth-order valence-electron chi connectivity index (χ4n) is 2.01. The van der Waals surface area contributed by atoms with Crippen LogP contribution in [0.3, 0.4) is 0 Å². The molecular weight excluding hydrogens is 292 g/mol. The van der Waals surface area contributed by atoms with Gasteiger partial charge in [-0.25, -0.2) is 0 Å². The van der Waals surface area contributed by atoms with Gasteiger partial charge in [0.25, 0.3) is 11.8 Å². The third-order valence-electron chi connectivity index (χ3n) is 3.12. The van der Waals surface area contributed by atoms with E-state index in [9.17, 15) is 9.59 Å². The highest BCUT2D eigenvalue weighted by Crippen LogP contribution is 2.16. The van der Waals surface area contributed by atoms with Crippen LogP contribution in [-0.2, 0) is 0 Å². The number of carbonyl (C=O) groups is 2. The molecule has 0 aliphatic heterocycles. The Labute approximate surface area is 135 Å². The van der Waals surface area contributed by atoms with Crippen LogP contribution in [0.15, 0.2) is 48.5 Å². The first-order chi connectivity index (χ1) is 11.0. The summed E-state index contributed by atoms with van der Waals surface area (Å²) in [6, 6.07) is 13.7. The Morgan fingerprint density at radius 1 is 0.870 bits per heavy atom. The van der Waals surface area contributed by atoms with Crippen molar-refractivity contribution in [3.63, 3.8) is 0 Å². The molecule has 0 fully saturated rings. The standard InChI is InChI=1S/C18H20N2O3/c1-12(2)23-16-10-6-14(7-11-16)18(22)20-15-8-4-13(5-9-15)17(21)19-3/h4-12H,1-3H3,(H,19,21)(H,20,22). The second kappa shape index (κ2) is 7.45. The molecule has 0 spiro atoms. The van der Waals surface area contributed by atoms with Crippen LogP contribution in [0.4, 0.5) is 5.69 Å². The van der Waals surface area contributed by atoms with Crippen molar-refractivity contribution in [1.82, 2.24) is 5.32 Å². The van der Waals surface area contributed by atoms with Gasteiger partial charge in [-0.3, -0.25) is 9.59 Å². The molecule has 0 unspecified atom stereocenters. The van der Waals surface area contributed by atoms with Gasteiger partial charge in [-0.1, -0.05) is 0 Å². The molecule has 23 heavy (non-hydrogen) atoms. The smallest absolute Gasteiger partial charge is 0.255 e. The van der Waals surface area contributed by atoms with Gasteiger partial charge in [-0.05, 0) is 62.4 Å². The lowest BCUT2D eigenvalue weighted by atomic mass is 10.1. The predicted octanol–water partition coefficient (Wildman–Crippen LogP) is 3.09. The van der Waals surface area contributed by atoms with E-state index < -0.39 is 0 Å². The maximum Gasteiger partial charge on any atom is 0.255 e. The Bertz CT molecular complexity index is 676. The number of anilines is 1. The van der Waals surface area contributed by atoms with Crippen LogP contribution >= 0.6 is 0 Å². The van der Waals surface area contributed by atoms with Gasteiger partial charge in [-0.15, -0.1) is 0 Å². The Morgan fingerprint density at radius 2 is 1.39 bits per heavy atom. The van der Waals surface area contributed by atoms with Gasteiger partial charge in [-0.2, -0.15) is 0 Å². The summed E-state index contributed by atoms with van der Waals surface area (Å²) < 4.78 is 5.54. The quantitative estimate of drug-likeness (QED) is 0.891. The minimum absolute atomic E-state index is 0.0912. The van der Waals surface area contributed by atoms with Crippen LogP contribution in [0.5, 0.6) is 5.75 Å². The Hall–Kier alpha value is -2.82. The molecule has 0 saturated carbocycles. The van der Waals surface area contributed by atoms with E-state index in [2.05, 4.69) is 10.6 Å². The number of carbonyl (C=O) groups excluding carboxylic acids is 2. The molecule has 2 amide bonds. The fourth-order valence-corrected chi connectivity index (χ4v) is 2.01. The highest BCUT2D eigenvalue weighted by Gasteiger charge is 2.08. The highest BCUT2D eigenvalue weighted by atomic mass is 16.5. The van der Waals surface area contributed by atoms with E-state index >= 15 is 0 Å². The van der Waals surface area contributed by atoms with Gasteiger partial charge in [0.2, 0.25) is 0 Å². The number of hydrogen-bond donors (Lipinski definition) is 2. The second-order valence-electron chi connectivity index (χ2n) is 5.30. The minimum atomic E-state index is -0.214. The maximum absolute atomic E-state index is 12.2. The Kier molecular flexibility index (Phi) is 5.36. The minimum Gasteiger partial charge on any atom is -0.491 e. The van der Waals surface area contributed by atoms with E-state index in [-0.39, 0.29) is 17.9 Å². The normalized spacial score (nSPS) is 10.3. The van der Waals surface area contributed by atoms with Crippen molar-refractivity contribution in [1.29, 1.82) is 0 Å². The van der Waals surface area contributed by atoms with Gasteiger partial charge in [0.05, 0.1) is 6.10 Å². The number of ether oxygens (including phenoxy) is 1. The summed E-state index contributed by atoms with van der Waals surface area (Å²) in [5.74, 6) is 0.351. The summed E-state index contributed by atoms with van der Waals surface area (Å²) in [5, 5.41) is 5.34. The van der Waals surface area contributed by atoms with E-state index in [0.29, 0.717) is 16.8 Å². The van der Waals surface area contributed by atoms with Gasteiger partial charge >= 0.3 is 0 Å². The molecule has 0 bridgehead atoms. The largest absolute Gasteiger partial charge is 0.491 e. The molecule has 0 radical (unpaired) electrons. The van der Waals surface area contributed by atoms with E-state index in [0.717, 1.165) is 5.75 Å². The van der Waals surface area contributed by atoms with Crippen LogP contribution in [0.2, 0.25) is 0 Å². The predicted molar refractivity (Wildman–Crippen MR) is 90.0 cm³/mol. The maximum atomic E-state index is 12.2. The van der Waals surface area contributed by atoms with Crippen molar-refractivity contribution >= 4 is 17.5 Å². The van der Waals surface area contributed by atoms with Crippen LogP contribution in [-0.4, -0.2) is 25.0 Å². The molecule has 120 valence electrons. The van der Waals surface area contributed by atoms with Crippen molar-refractivity contribution in [3.05, 3.63) is 59.7 Å². The van der Waals surface area contributed by atoms with E-state index in [1.807, 2.05) is 13.8 Å². The number of nitrogens with one attached hydrogen (secondary N) is 2. The molecule has 0 aliphatic rings. The first-order valence-corrected chi connectivity index (χ1v) is 7.40. The van der Waals surface area contributed by atoms with Crippen LogP contribution in [0.25, 0.3) is 0 Å². The van der Waals surface area contributed by atoms with E-state index in [1.165, 1.54) is 0 Å². The summed E-state index contributed by atoms with van der Waals surface area (Å²) in [6.45, 7) is 3.90. The first-order valence-electron chi connectivity index (χ1n) is 7.40. The lowest BCUT2D eigenvalue weighted by Crippen LogP contribution is -2.17. The zero-order chi connectivity index (χ0) is 16.8. The highest BCUT2D eigenvalue weighted by molar-refractivity contribution is 6.04. The monoisotopic (exact) mass is 312 g/mol. The summed E-state index contributed by atoms with van der Waals surface area (Å²) in [4.78, 5) is 23.7. The molecule has 2 aromatic carbocycles. The molecule has 2 aromatic rings. The van der Waals surface area contributed by atoms with Crippen molar-refractivity contribution in [2.45, 2.75) is 20.0 Å². The third kappa shape index (κ3) is 4.57. The molecule has 5 nitrogen and oxygen atoms in total. The third-order valence-corrected chi connectivity index (χ3v) is 3.12. The number of amides is 2. The molecular formula is C18H20N2O3. The van der Waals surface area contributed by atoms with Crippen LogP contribution < -0.4 is 15.4 Å². The molecule has 0 saturated heterocycles. The zero-order valence-electron chi connectivity index (χ0n) is 13.4. The average Bonchev–Trinajstić information content (AvgIpc) is 2.55. The number of rotatable bonds is 5.